The summed E-state index contributed by atoms with van der Waals surface area (Å²) < 4.78 is 10.2. The normalized spacial score (nSPS) is 12.4. The van der Waals surface area contributed by atoms with E-state index in [-0.39, 0.29) is 5.91 Å². The molecule has 0 saturated carbocycles. The number of nitrogens with zero attached hydrogens (tertiary/aromatic N) is 1. The number of furan rings is 1. The Labute approximate surface area is 116 Å². The number of carbonyl (C=O) groups is 1. The first-order chi connectivity index (χ1) is 9.49. The van der Waals surface area contributed by atoms with Crippen molar-refractivity contribution in [3.63, 3.8) is 0 Å². The Morgan fingerprint density at radius 1 is 1.40 bits per heavy atom. The topological polar surface area (TPSA) is 88.5 Å². The Kier molecular flexibility index (Phi) is 4.24. The van der Waals surface area contributed by atoms with E-state index in [0.29, 0.717) is 30.0 Å². The van der Waals surface area contributed by atoms with Gasteiger partial charge in [0.15, 0.2) is 0 Å². The van der Waals surface area contributed by atoms with Gasteiger partial charge in [-0.1, -0.05) is 5.16 Å². The molecule has 0 aliphatic heterocycles. The number of nitrogens with one attached hydrogen (secondary N) is 1. The van der Waals surface area contributed by atoms with E-state index in [4.69, 9.17) is 8.94 Å². The summed E-state index contributed by atoms with van der Waals surface area (Å²) in [5.74, 6) is 1.69. The molecule has 0 fully saturated rings. The van der Waals surface area contributed by atoms with Crippen molar-refractivity contribution < 1.29 is 18.8 Å². The van der Waals surface area contributed by atoms with Gasteiger partial charge in [-0.15, -0.1) is 0 Å². The number of amides is 1. The Bertz CT molecular complexity index is 600. The molecule has 0 aromatic carbocycles. The molecule has 1 atom stereocenters. The molecule has 0 aliphatic carbocycles. The van der Waals surface area contributed by atoms with Crippen LogP contribution >= 0.6 is 0 Å². The van der Waals surface area contributed by atoms with Gasteiger partial charge >= 0.3 is 0 Å². The molecule has 1 amide bonds. The van der Waals surface area contributed by atoms with Gasteiger partial charge in [-0.3, -0.25) is 4.79 Å². The van der Waals surface area contributed by atoms with E-state index in [0.717, 1.165) is 11.3 Å². The zero-order valence-electron chi connectivity index (χ0n) is 11.8. The molecule has 2 N–H and O–H groups in total. The molecule has 0 spiro atoms. The van der Waals surface area contributed by atoms with E-state index < -0.39 is 6.10 Å². The van der Waals surface area contributed by atoms with Crippen molar-refractivity contribution in [3.05, 3.63) is 40.7 Å². The van der Waals surface area contributed by atoms with Crippen LogP contribution in [0.5, 0.6) is 0 Å². The zero-order chi connectivity index (χ0) is 14.7. The molecular formula is C14H18N2O4. The van der Waals surface area contributed by atoms with Crippen LogP contribution in [0.25, 0.3) is 0 Å². The molecule has 6 heteroatoms. The maximum Gasteiger partial charge on any atom is 0.256 e. The summed E-state index contributed by atoms with van der Waals surface area (Å²) in [6, 6.07) is 1.81. The predicted octanol–water partition coefficient (Wildman–Crippen LogP) is 2.05. The second kappa shape index (κ2) is 5.92. The van der Waals surface area contributed by atoms with E-state index in [1.807, 2.05) is 19.9 Å². The first-order valence-electron chi connectivity index (χ1n) is 6.43. The van der Waals surface area contributed by atoms with E-state index in [1.165, 1.54) is 6.20 Å². The Hall–Kier alpha value is -2.08. The second-order valence-corrected chi connectivity index (χ2v) is 4.72. The molecule has 2 aromatic rings. The number of aliphatic hydroxyl groups is 1. The highest BCUT2D eigenvalue weighted by Gasteiger charge is 2.16. The summed E-state index contributed by atoms with van der Waals surface area (Å²) in [6.07, 6.45) is 1.14. The fourth-order valence-corrected chi connectivity index (χ4v) is 2.07. The molecule has 2 heterocycles. The number of hydrogen-bond acceptors (Lipinski definition) is 5. The van der Waals surface area contributed by atoms with Gasteiger partial charge in [0.25, 0.3) is 5.91 Å². The van der Waals surface area contributed by atoms with Gasteiger partial charge in [0.05, 0.1) is 12.3 Å². The number of aryl methyl sites for hydroxylation is 3. The van der Waals surface area contributed by atoms with Gasteiger partial charge in [-0.25, -0.2) is 0 Å². The van der Waals surface area contributed by atoms with Crippen LogP contribution in [0.4, 0.5) is 0 Å². The van der Waals surface area contributed by atoms with Crippen molar-refractivity contribution >= 4 is 5.91 Å². The minimum absolute atomic E-state index is 0.254. The molecule has 108 valence electrons. The lowest BCUT2D eigenvalue weighted by Crippen LogP contribution is -2.25. The third kappa shape index (κ3) is 3.08. The first kappa shape index (κ1) is 14.3. The molecular weight excluding hydrogens is 260 g/mol. The van der Waals surface area contributed by atoms with E-state index in [2.05, 4.69) is 10.5 Å². The molecule has 2 rings (SSSR count). The maximum absolute atomic E-state index is 11.8. The third-order valence-electron chi connectivity index (χ3n) is 3.14. The maximum atomic E-state index is 11.8. The van der Waals surface area contributed by atoms with Gasteiger partial charge in [0.1, 0.15) is 22.8 Å². The zero-order valence-corrected chi connectivity index (χ0v) is 11.8. The largest absolute Gasteiger partial charge is 0.466 e. The molecule has 2 aromatic heterocycles. The molecule has 0 radical (unpaired) electrons. The van der Waals surface area contributed by atoms with Crippen LogP contribution < -0.4 is 5.32 Å². The average molecular weight is 278 g/mol. The lowest BCUT2D eigenvalue weighted by molar-refractivity contribution is 0.0941. The van der Waals surface area contributed by atoms with Gasteiger partial charge in [0.2, 0.25) is 0 Å². The van der Waals surface area contributed by atoms with Crippen LogP contribution in [0.1, 0.15) is 45.7 Å². The average Bonchev–Trinajstić information content (AvgIpc) is 2.95. The summed E-state index contributed by atoms with van der Waals surface area (Å²) >= 11 is 0. The molecule has 20 heavy (non-hydrogen) atoms. The summed E-state index contributed by atoms with van der Waals surface area (Å²) in [7, 11) is 0. The van der Waals surface area contributed by atoms with Crippen molar-refractivity contribution in [2.75, 3.05) is 6.54 Å². The van der Waals surface area contributed by atoms with Crippen molar-refractivity contribution in [1.82, 2.24) is 10.5 Å². The standard InChI is InChI=1S/C14H18N2O4/c1-8-6-11(9(2)19-8)13(17)4-5-15-14(18)12-7-16-20-10(12)3/h6-7,13,17H,4-5H2,1-3H3,(H,15,18)/t13-/m0/s1. The van der Waals surface area contributed by atoms with E-state index in [1.54, 1.807) is 6.92 Å². The third-order valence-corrected chi connectivity index (χ3v) is 3.14. The van der Waals surface area contributed by atoms with Crippen molar-refractivity contribution in [1.29, 1.82) is 0 Å². The van der Waals surface area contributed by atoms with E-state index >= 15 is 0 Å². The summed E-state index contributed by atoms with van der Waals surface area (Å²) in [5, 5.41) is 16.3. The Morgan fingerprint density at radius 2 is 2.15 bits per heavy atom. The van der Waals surface area contributed by atoms with Crippen molar-refractivity contribution in [3.8, 4) is 0 Å². The molecule has 6 nitrogen and oxygen atoms in total. The number of hydrogen-bond donors (Lipinski definition) is 2. The summed E-state index contributed by atoms with van der Waals surface area (Å²) in [5.41, 5.74) is 1.17. The van der Waals surface area contributed by atoms with Gasteiger partial charge in [-0.05, 0) is 33.3 Å². The van der Waals surface area contributed by atoms with Crippen molar-refractivity contribution in [2.45, 2.75) is 33.3 Å². The fourth-order valence-electron chi connectivity index (χ4n) is 2.07. The number of aliphatic hydroxyl groups excluding tert-OH is 1. The highest BCUT2D eigenvalue weighted by molar-refractivity contribution is 5.94. The summed E-state index contributed by atoms with van der Waals surface area (Å²) in [6.45, 7) is 5.67. The van der Waals surface area contributed by atoms with Crippen molar-refractivity contribution in [2.24, 2.45) is 0 Å². The van der Waals surface area contributed by atoms with Crippen LogP contribution in [0.2, 0.25) is 0 Å². The van der Waals surface area contributed by atoms with Crippen LogP contribution in [0, 0.1) is 20.8 Å². The molecule has 0 unspecified atom stereocenters. The molecule has 0 bridgehead atoms. The SMILES string of the molecule is Cc1cc([C@@H](O)CCNC(=O)c2cnoc2C)c(C)o1. The van der Waals surface area contributed by atoms with Crippen LogP contribution in [-0.2, 0) is 0 Å². The Morgan fingerprint density at radius 3 is 2.70 bits per heavy atom. The fraction of sp³-hybridized carbons (Fsp3) is 0.429. The quantitative estimate of drug-likeness (QED) is 0.873. The smallest absolute Gasteiger partial charge is 0.256 e. The van der Waals surface area contributed by atoms with Gasteiger partial charge in [-0.2, -0.15) is 0 Å². The molecule has 0 saturated heterocycles. The predicted molar refractivity (Wildman–Crippen MR) is 71.3 cm³/mol. The van der Waals surface area contributed by atoms with Crippen LogP contribution in [0.15, 0.2) is 21.2 Å². The number of carbonyl (C=O) groups excluding carboxylic acids is 1. The highest BCUT2D eigenvalue weighted by atomic mass is 16.5. The lowest BCUT2D eigenvalue weighted by Gasteiger charge is -2.10. The molecule has 0 aliphatic rings. The Balaban J connectivity index is 1.86. The summed E-state index contributed by atoms with van der Waals surface area (Å²) in [4.78, 5) is 11.8. The van der Waals surface area contributed by atoms with Gasteiger partial charge < -0.3 is 19.4 Å². The second-order valence-electron chi connectivity index (χ2n) is 4.72. The van der Waals surface area contributed by atoms with Crippen LogP contribution in [-0.4, -0.2) is 22.7 Å². The minimum atomic E-state index is -0.656. The number of rotatable bonds is 5. The highest BCUT2D eigenvalue weighted by Crippen LogP contribution is 2.23. The first-order valence-corrected chi connectivity index (χ1v) is 6.43. The minimum Gasteiger partial charge on any atom is -0.466 e. The monoisotopic (exact) mass is 278 g/mol. The van der Waals surface area contributed by atoms with Gasteiger partial charge in [0, 0.05) is 12.1 Å². The van der Waals surface area contributed by atoms with Crippen LogP contribution in [0.3, 0.4) is 0 Å². The lowest BCUT2D eigenvalue weighted by atomic mass is 10.1. The van der Waals surface area contributed by atoms with E-state index in [9.17, 15) is 9.90 Å². The number of aromatic nitrogens is 1.